The maximum Gasteiger partial charge on any atom is 0.0570 e. The van der Waals surface area contributed by atoms with E-state index in [1.165, 1.54) is 10.6 Å². The zero-order valence-corrected chi connectivity index (χ0v) is 9.53. The van der Waals surface area contributed by atoms with Crippen LogP contribution < -0.4 is 0 Å². The minimum atomic E-state index is 0.580. The van der Waals surface area contributed by atoms with Crippen molar-refractivity contribution in [3.05, 3.63) is 16.6 Å². The van der Waals surface area contributed by atoms with Crippen molar-refractivity contribution in [2.75, 3.05) is 0 Å². The van der Waals surface area contributed by atoms with Gasteiger partial charge in [0.25, 0.3) is 0 Å². The molecule has 12 heavy (non-hydrogen) atoms. The molecule has 70 valence electrons. The Kier molecular flexibility index (Phi) is 5.99. The summed E-state index contributed by atoms with van der Waals surface area (Å²) in [5.41, 5.74) is 1.24. The van der Waals surface area contributed by atoms with Crippen LogP contribution in [-0.4, -0.2) is 4.37 Å². The van der Waals surface area contributed by atoms with Crippen LogP contribution in [0.25, 0.3) is 0 Å². The highest BCUT2D eigenvalue weighted by molar-refractivity contribution is 7.05. The Balaban J connectivity index is 0.000000561. The van der Waals surface area contributed by atoms with Crippen molar-refractivity contribution in [2.45, 2.75) is 47.0 Å². The van der Waals surface area contributed by atoms with Crippen molar-refractivity contribution >= 4 is 11.5 Å². The van der Waals surface area contributed by atoms with Crippen LogP contribution >= 0.6 is 11.5 Å². The normalized spacial score (nSPS) is 9.50. The van der Waals surface area contributed by atoms with Crippen molar-refractivity contribution in [3.63, 3.8) is 0 Å². The van der Waals surface area contributed by atoms with Gasteiger partial charge in [0.05, 0.1) is 5.69 Å². The Morgan fingerprint density at radius 1 is 1.42 bits per heavy atom. The second-order valence-electron chi connectivity index (χ2n) is 2.73. The van der Waals surface area contributed by atoms with E-state index in [2.05, 4.69) is 31.2 Å². The van der Waals surface area contributed by atoms with Gasteiger partial charge in [0.15, 0.2) is 0 Å². The molecule has 1 nitrogen and oxygen atoms in total. The van der Waals surface area contributed by atoms with Crippen LogP contribution in [0, 0.1) is 0 Å². The molecule has 0 fully saturated rings. The van der Waals surface area contributed by atoms with Crippen LogP contribution in [-0.2, 0) is 6.42 Å². The summed E-state index contributed by atoms with van der Waals surface area (Å²) >= 11 is 1.63. The smallest absolute Gasteiger partial charge is 0.0570 e. The number of aryl methyl sites for hydroxylation is 1. The molecule has 1 aromatic rings. The van der Waals surface area contributed by atoms with Gasteiger partial charge in [-0.05, 0) is 29.9 Å². The molecule has 0 aliphatic carbocycles. The number of rotatable bonds is 2. The molecular formula is C10H19NS. The van der Waals surface area contributed by atoms with E-state index in [9.17, 15) is 0 Å². The van der Waals surface area contributed by atoms with Gasteiger partial charge in [-0.2, -0.15) is 4.37 Å². The molecular weight excluding hydrogens is 166 g/mol. The first kappa shape index (κ1) is 11.6. The minimum Gasteiger partial charge on any atom is -0.197 e. The molecule has 0 aromatic carbocycles. The molecule has 0 amide bonds. The number of hydrogen-bond donors (Lipinski definition) is 0. The summed E-state index contributed by atoms with van der Waals surface area (Å²) in [4.78, 5) is 1.39. The van der Waals surface area contributed by atoms with Crippen LogP contribution in [0.15, 0.2) is 6.07 Å². The van der Waals surface area contributed by atoms with Crippen molar-refractivity contribution in [3.8, 4) is 0 Å². The summed E-state index contributed by atoms with van der Waals surface area (Å²) in [5.74, 6) is 0.580. The summed E-state index contributed by atoms with van der Waals surface area (Å²) in [5, 5.41) is 0. The molecule has 1 rings (SSSR count). The Labute approximate surface area is 80.0 Å². The molecule has 0 saturated carbocycles. The van der Waals surface area contributed by atoms with Gasteiger partial charge in [-0.3, -0.25) is 0 Å². The fraction of sp³-hybridized carbons (Fsp3) is 0.700. The van der Waals surface area contributed by atoms with Gasteiger partial charge in [0.1, 0.15) is 0 Å². The van der Waals surface area contributed by atoms with Crippen LogP contribution in [0.1, 0.15) is 51.1 Å². The van der Waals surface area contributed by atoms with E-state index in [-0.39, 0.29) is 0 Å². The van der Waals surface area contributed by atoms with Gasteiger partial charge >= 0.3 is 0 Å². The van der Waals surface area contributed by atoms with Crippen LogP contribution in [0.5, 0.6) is 0 Å². The van der Waals surface area contributed by atoms with Crippen molar-refractivity contribution in [1.29, 1.82) is 0 Å². The predicted molar refractivity (Wildman–Crippen MR) is 56.9 cm³/mol. The molecule has 0 atom stereocenters. The molecule has 0 radical (unpaired) electrons. The van der Waals surface area contributed by atoms with E-state index >= 15 is 0 Å². The van der Waals surface area contributed by atoms with E-state index < -0.39 is 0 Å². The summed E-state index contributed by atoms with van der Waals surface area (Å²) < 4.78 is 4.33. The summed E-state index contributed by atoms with van der Waals surface area (Å²) in [6.45, 7) is 10.5. The Morgan fingerprint density at radius 3 is 2.25 bits per heavy atom. The fourth-order valence-corrected chi connectivity index (χ4v) is 1.56. The second-order valence-corrected chi connectivity index (χ2v) is 3.62. The lowest BCUT2D eigenvalue weighted by molar-refractivity contribution is 0.839. The number of hydrogen-bond acceptors (Lipinski definition) is 2. The molecule has 1 heterocycles. The van der Waals surface area contributed by atoms with Crippen LogP contribution in [0.4, 0.5) is 0 Å². The first-order valence-corrected chi connectivity index (χ1v) is 5.47. The van der Waals surface area contributed by atoms with Crippen molar-refractivity contribution in [2.24, 2.45) is 0 Å². The Morgan fingerprint density at radius 2 is 2.00 bits per heavy atom. The van der Waals surface area contributed by atoms with Gasteiger partial charge < -0.3 is 0 Å². The maximum absolute atomic E-state index is 4.33. The highest BCUT2D eigenvalue weighted by atomic mass is 32.1. The zero-order valence-electron chi connectivity index (χ0n) is 8.72. The largest absolute Gasteiger partial charge is 0.197 e. The van der Waals surface area contributed by atoms with Gasteiger partial charge in [0.2, 0.25) is 0 Å². The third kappa shape index (κ3) is 3.35. The monoisotopic (exact) mass is 185 g/mol. The second kappa shape index (κ2) is 6.18. The molecule has 2 heteroatoms. The average Bonchev–Trinajstić information content (AvgIpc) is 2.55. The zero-order chi connectivity index (χ0) is 9.56. The van der Waals surface area contributed by atoms with E-state index in [4.69, 9.17) is 0 Å². The molecule has 0 aliphatic rings. The van der Waals surface area contributed by atoms with Gasteiger partial charge in [-0.15, -0.1) is 0 Å². The lowest BCUT2D eigenvalue weighted by Crippen LogP contribution is -1.84. The Bertz CT molecular complexity index is 203. The van der Waals surface area contributed by atoms with E-state index in [0.29, 0.717) is 5.92 Å². The fourth-order valence-electron chi connectivity index (χ4n) is 0.768. The molecule has 0 bridgehead atoms. The quantitative estimate of drug-likeness (QED) is 0.682. The standard InChI is InChI=1S/C8H13NS.C2H6/c1-4-7-5-8(6(2)3)9-10-7;1-2/h5-6H,4H2,1-3H3;1-2H3. The van der Waals surface area contributed by atoms with Gasteiger partial charge in [0, 0.05) is 4.88 Å². The lowest BCUT2D eigenvalue weighted by atomic mass is 10.1. The highest BCUT2D eigenvalue weighted by Crippen LogP contribution is 2.17. The van der Waals surface area contributed by atoms with E-state index in [1.807, 2.05) is 13.8 Å². The van der Waals surface area contributed by atoms with Crippen molar-refractivity contribution < 1.29 is 0 Å². The molecule has 0 spiro atoms. The molecule has 0 saturated heterocycles. The number of nitrogens with zero attached hydrogens (tertiary/aromatic N) is 1. The first-order chi connectivity index (χ1) is 5.74. The third-order valence-corrected chi connectivity index (χ3v) is 2.46. The summed E-state index contributed by atoms with van der Waals surface area (Å²) in [6.07, 6.45) is 1.12. The van der Waals surface area contributed by atoms with Gasteiger partial charge in [-0.1, -0.05) is 34.6 Å². The lowest BCUT2D eigenvalue weighted by Gasteiger charge is -1.94. The number of aromatic nitrogens is 1. The van der Waals surface area contributed by atoms with Crippen LogP contribution in [0.2, 0.25) is 0 Å². The molecule has 0 N–H and O–H groups in total. The Hall–Kier alpha value is -0.370. The molecule has 1 aromatic heterocycles. The molecule has 0 unspecified atom stereocenters. The average molecular weight is 185 g/mol. The molecule has 0 aliphatic heterocycles. The SMILES string of the molecule is CC.CCc1cc(C(C)C)ns1. The maximum atomic E-state index is 4.33. The van der Waals surface area contributed by atoms with Crippen molar-refractivity contribution in [1.82, 2.24) is 4.37 Å². The van der Waals surface area contributed by atoms with E-state index in [0.717, 1.165) is 6.42 Å². The van der Waals surface area contributed by atoms with E-state index in [1.54, 1.807) is 11.5 Å². The predicted octanol–water partition coefficient (Wildman–Crippen LogP) is 3.86. The highest BCUT2D eigenvalue weighted by Gasteiger charge is 2.02. The van der Waals surface area contributed by atoms with Crippen LogP contribution in [0.3, 0.4) is 0 Å². The summed E-state index contributed by atoms with van der Waals surface area (Å²) in [7, 11) is 0. The van der Waals surface area contributed by atoms with Gasteiger partial charge in [-0.25, -0.2) is 0 Å². The first-order valence-electron chi connectivity index (χ1n) is 4.69. The minimum absolute atomic E-state index is 0.580. The topological polar surface area (TPSA) is 12.9 Å². The summed E-state index contributed by atoms with van der Waals surface area (Å²) in [6, 6.07) is 2.20. The third-order valence-electron chi connectivity index (χ3n) is 1.52.